The molecule has 0 aliphatic carbocycles. The Morgan fingerprint density at radius 1 is 1.26 bits per heavy atom. The Bertz CT molecular complexity index is 494. The monoisotopic (exact) mass is 260 g/mol. The van der Waals surface area contributed by atoms with Crippen LogP contribution in [0.2, 0.25) is 0 Å². The first-order valence-corrected chi connectivity index (χ1v) is 6.49. The van der Waals surface area contributed by atoms with E-state index in [1.165, 1.54) is 0 Å². The molecule has 4 nitrogen and oxygen atoms in total. The van der Waals surface area contributed by atoms with Crippen molar-refractivity contribution in [1.82, 2.24) is 9.55 Å². The van der Waals surface area contributed by atoms with Gasteiger partial charge in [0.2, 0.25) is 0 Å². The predicted octanol–water partition coefficient (Wildman–Crippen LogP) is 2.75. The van der Waals surface area contributed by atoms with Gasteiger partial charge < -0.3 is 14.4 Å². The average molecular weight is 260 g/mol. The van der Waals surface area contributed by atoms with Crippen LogP contribution in [0.1, 0.15) is 31.3 Å². The lowest BCUT2D eigenvalue weighted by atomic mass is 10.1. The zero-order valence-electron chi connectivity index (χ0n) is 11.4. The molecule has 0 saturated carbocycles. The van der Waals surface area contributed by atoms with Crippen LogP contribution < -0.4 is 0 Å². The fraction of sp³-hybridized carbons (Fsp3) is 0.400. The number of ether oxygens (including phenoxy) is 1. The van der Waals surface area contributed by atoms with Crippen LogP contribution in [-0.4, -0.2) is 14.7 Å². The first kappa shape index (κ1) is 13.8. The lowest BCUT2D eigenvalue weighted by Crippen LogP contribution is -2.14. The third-order valence-corrected chi connectivity index (χ3v) is 2.99. The smallest absolute Gasteiger partial charge is 0.139 e. The van der Waals surface area contributed by atoms with E-state index < -0.39 is 6.10 Å². The van der Waals surface area contributed by atoms with E-state index in [2.05, 4.69) is 4.98 Å². The van der Waals surface area contributed by atoms with Crippen LogP contribution in [0.15, 0.2) is 42.7 Å². The zero-order valence-corrected chi connectivity index (χ0v) is 11.4. The van der Waals surface area contributed by atoms with E-state index in [1.54, 1.807) is 6.20 Å². The molecule has 4 heteroatoms. The summed E-state index contributed by atoms with van der Waals surface area (Å²) in [5.41, 5.74) is 1.13. The summed E-state index contributed by atoms with van der Waals surface area (Å²) in [5, 5.41) is 10.0. The molecule has 1 unspecified atom stereocenters. The van der Waals surface area contributed by atoms with Gasteiger partial charge in [0.05, 0.1) is 6.61 Å². The highest BCUT2D eigenvalue weighted by molar-refractivity contribution is 5.13. The van der Waals surface area contributed by atoms with Crippen molar-refractivity contribution in [3.05, 3.63) is 54.1 Å². The Kier molecular flexibility index (Phi) is 4.71. The van der Waals surface area contributed by atoms with Crippen LogP contribution in [0, 0.1) is 5.92 Å². The summed E-state index contributed by atoms with van der Waals surface area (Å²) in [4.78, 5) is 4.20. The van der Waals surface area contributed by atoms with Crippen LogP contribution in [-0.2, 0) is 18.1 Å². The van der Waals surface area contributed by atoms with Gasteiger partial charge in [-0.3, -0.25) is 0 Å². The summed E-state index contributed by atoms with van der Waals surface area (Å²) in [6, 6.07) is 10.0. The van der Waals surface area contributed by atoms with E-state index in [0.29, 0.717) is 19.2 Å². The lowest BCUT2D eigenvalue weighted by molar-refractivity contribution is 0.0489. The van der Waals surface area contributed by atoms with Crippen molar-refractivity contribution in [2.45, 2.75) is 33.3 Å². The summed E-state index contributed by atoms with van der Waals surface area (Å²) in [5.74, 6) is 0.790. The van der Waals surface area contributed by atoms with Gasteiger partial charge >= 0.3 is 0 Å². The van der Waals surface area contributed by atoms with Crippen molar-refractivity contribution >= 4 is 0 Å². The highest BCUT2D eigenvalue weighted by Gasteiger charge is 2.17. The molecule has 1 atom stereocenters. The molecule has 2 aromatic rings. The van der Waals surface area contributed by atoms with E-state index >= 15 is 0 Å². The molecule has 0 amide bonds. The van der Waals surface area contributed by atoms with Crippen molar-refractivity contribution in [1.29, 1.82) is 0 Å². The Labute approximate surface area is 113 Å². The molecule has 1 aromatic carbocycles. The lowest BCUT2D eigenvalue weighted by Gasteiger charge is -2.16. The number of imidazole rings is 1. The number of nitrogens with zero attached hydrogens (tertiary/aromatic N) is 2. The highest BCUT2D eigenvalue weighted by Crippen LogP contribution is 2.19. The number of aliphatic hydroxyl groups excluding tert-OH is 1. The number of hydrogen-bond acceptors (Lipinski definition) is 3. The molecule has 102 valence electrons. The van der Waals surface area contributed by atoms with Crippen molar-refractivity contribution in [2.75, 3.05) is 0 Å². The van der Waals surface area contributed by atoms with Gasteiger partial charge in [0, 0.05) is 12.4 Å². The Morgan fingerprint density at radius 3 is 2.68 bits per heavy atom. The summed E-state index contributed by atoms with van der Waals surface area (Å²) in [6.45, 7) is 4.88. The standard InChI is InChI=1S/C15H20N2O2/c1-12(2)14(18)15-16-8-9-17(15)11-19-10-13-6-4-3-5-7-13/h3-9,12,14,18H,10-11H2,1-2H3. The van der Waals surface area contributed by atoms with Gasteiger partial charge in [0.25, 0.3) is 0 Å². The maximum Gasteiger partial charge on any atom is 0.139 e. The maximum absolute atomic E-state index is 10.0. The molecule has 0 aliphatic heterocycles. The van der Waals surface area contributed by atoms with Crippen molar-refractivity contribution < 1.29 is 9.84 Å². The van der Waals surface area contributed by atoms with Gasteiger partial charge in [-0.15, -0.1) is 0 Å². The molecule has 0 aliphatic rings. The summed E-state index contributed by atoms with van der Waals surface area (Å²) in [6.07, 6.45) is 2.95. The van der Waals surface area contributed by atoms with E-state index in [1.807, 2.05) is 54.9 Å². The SMILES string of the molecule is CC(C)C(O)c1nccn1COCc1ccccc1. The highest BCUT2D eigenvalue weighted by atomic mass is 16.5. The molecule has 1 aromatic heterocycles. The van der Waals surface area contributed by atoms with Gasteiger partial charge in [-0.1, -0.05) is 44.2 Å². The van der Waals surface area contributed by atoms with E-state index in [4.69, 9.17) is 4.74 Å². The van der Waals surface area contributed by atoms with Gasteiger partial charge in [-0.25, -0.2) is 4.98 Å². The van der Waals surface area contributed by atoms with Gasteiger partial charge in [0.1, 0.15) is 18.7 Å². The maximum atomic E-state index is 10.0. The molecular weight excluding hydrogens is 240 g/mol. The first-order valence-electron chi connectivity index (χ1n) is 6.49. The Hall–Kier alpha value is -1.65. The van der Waals surface area contributed by atoms with Crippen molar-refractivity contribution in [2.24, 2.45) is 5.92 Å². The Balaban J connectivity index is 1.92. The van der Waals surface area contributed by atoms with Gasteiger partial charge in [-0.05, 0) is 11.5 Å². The summed E-state index contributed by atoms with van der Waals surface area (Å²) < 4.78 is 7.49. The molecule has 19 heavy (non-hydrogen) atoms. The number of hydrogen-bond donors (Lipinski definition) is 1. The topological polar surface area (TPSA) is 47.3 Å². The Morgan fingerprint density at radius 2 is 2.00 bits per heavy atom. The number of benzene rings is 1. The molecule has 0 spiro atoms. The van der Waals surface area contributed by atoms with Crippen molar-refractivity contribution in [3.8, 4) is 0 Å². The fourth-order valence-electron chi connectivity index (χ4n) is 1.83. The van der Waals surface area contributed by atoms with Crippen LogP contribution in [0.4, 0.5) is 0 Å². The van der Waals surface area contributed by atoms with Gasteiger partial charge in [-0.2, -0.15) is 0 Å². The zero-order chi connectivity index (χ0) is 13.7. The van der Waals surface area contributed by atoms with Crippen LogP contribution in [0.5, 0.6) is 0 Å². The molecule has 1 heterocycles. The number of aromatic nitrogens is 2. The third kappa shape index (κ3) is 3.66. The first-order chi connectivity index (χ1) is 9.18. The fourth-order valence-corrected chi connectivity index (χ4v) is 1.83. The van der Waals surface area contributed by atoms with E-state index in [-0.39, 0.29) is 5.92 Å². The summed E-state index contributed by atoms with van der Waals surface area (Å²) in [7, 11) is 0. The minimum absolute atomic E-state index is 0.135. The minimum Gasteiger partial charge on any atom is -0.385 e. The molecule has 0 fully saturated rings. The number of aliphatic hydroxyl groups is 1. The second-order valence-corrected chi connectivity index (χ2v) is 4.91. The predicted molar refractivity (Wildman–Crippen MR) is 73.3 cm³/mol. The second kappa shape index (κ2) is 6.50. The molecule has 1 N–H and O–H groups in total. The quantitative estimate of drug-likeness (QED) is 0.868. The van der Waals surface area contributed by atoms with Gasteiger partial charge in [0.15, 0.2) is 0 Å². The molecule has 0 bridgehead atoms. The number of rotatable bonds is 6. The second-order valence-electron chi connectivity index (χ2n) is 4.91. The largest absolute Gasteiger partial charge is 0.385 e. The van der Waals surface area contributed by atoms with Crippen LogP contribution in [0.25, 0.3) is 0 Å². The third-order valence-electron chi connectivity index (χ3n) is 2.99. The average Bonchev–Trinajstić information content (AvgIpc) is 2.87. The molecular formula is C15H20N2O2. The summed E-state index contributed by atoms with van der Waals surface area (Å²) >= 11 is 0. The van der Waals surface area contributed by atoms with Crippen LogP contribution >= 0.6 is 0 Å². The molecule has 0 radical (unpaired) electrons. The normalized spacial score (nSPS) is 12.8. The van der Waals surface area contributed by atoms with E-state index in [9.17, 15) is 5.11 Å². The van der Waals surface area contributed by atoms with E-state index in [0.717, 1.165) is 5.56 Å². The minimum atomic E-state index is -0.560. The molecule has 0 saturated heterocycles. The van der Waals surface area contributed by atoms with Crippen LogP contribution in [0.3, 0.4) is 0 Å². The molecule has 2 rings (SSSR count). The van der Waals surface area contributed by atoms with Crippen molar-refractivity contribution in [3.63, 3.8) is 0 Å².